The maximum atomic E-state index is 6.09. The Morgan fingerprint density at radius 3 is 2.47 bits per heavy atom. The molecule has 2 rings (SSSR count). The van der Waals surface area contributed by atoms with Gasteiger partial charge in [-0.05, 0) is 50.6 Å². The fourth-order valence-corrected chi connectivity index (χ4v) is 2.63. The predicted molar refractivity (Wildman–Crippen MR) is 77.8 cm³/mol. The fourth-order valence-electron chi connectivity index (χ4n) is 2.63. The molecule has 0 spiro atoms. The van der Waals surface area contributed by atoms with Crippen LogP contribution in [0.2, 0.25) is 0 Å². The second-order valence-electron chi connectivity index (χ2n) is 5.45. The maximum absolute atomic E-state index is 6.09. The number of ether oxygens (including phenoxy) is 2. The summed E-state index contributed by atoms with van der Waals surface area (Å²) in [5.74, 6) is 0.960. The van der Waals surface area contributed by atoms with Crippen molar-refractivity contribution in [2.24, 2.45) is 0 Å². The molecule has 3 unspecified atom stereocenters. The maximum Gasteiger partial charge on any atom is 0.128 e. The molecule has 0 aromatic heterocycles. The highest BCUT2D eigenvalue weighted by molar-refractivity contribution is 5.33. The van der Waals surface area contributed by atoms with Crippen LogP contribution in [0.5, 0.6) is 5.75 Å². The Morgan fingerprint density at radius 1 is 1.21 bits per heavy atom. The van der Waals surface area contributed by atoms with E-state index in [1.54, 1.807) is 0 Å². The average molecular weight is 263 g/mol. The topological polar surface area (TPSA) is 30.5 Å². The van der Waals surface area contributed by atoms with Crippen molar-refractivity contribution in [3.05, 3.63) is 29.3 Å². The van der Waals surface area contributed by atoms with Crippen molar-refractivity contribution >= 4 is 0 Å². The smallest absolute Gasteiger partial charge is 0.128 e. The number of likely N-dealkylation sites (N-methyl/N-ethyl adjacent to an activating group) is 1. The van der Waals surface area contributed by atoms with Crippen molar-refractivity contribution in [3.63, 3.8) is 0 Å². The number of hydrogen-bond acceptors (Lipinski definition) is 3. The van der Waals surface area contributed by atoms with Crippen LogP contribution in [0.3, 0.4) is 0 Å². The molecule has 3 heteroatoms. The van der Waals surface area contributed by atoms with E-state index in [1.165, 1.54) is 11.1 Å². The van der Waals surface area contributed by atoms with Crippen LogP contribution in [-0.2, 0) is 4.74 Å². The van der Waals surface area contributed by atoms with Gasteiger partial charge >= 0.3 is 0 Å². The molecule has 1 aliphatic carbocycles. The van der Waals surface area contributed by atoms with Crippen LogP contribution >= 0.6 is 0 Å². The third-order valence-corrected chi connectivity index (χ3v) is 3.62. The standard InChI is InChI=1S/C16H25NO2/c1-5-6-18-16-14(17-4)10-15(16)19-13-8-11(2)7-12(3)9-13/h7-9,14-17H,5-6,10H2,1-4H3. The van der Waals surface area contributed by atoms with Crippen LogP contribution in [-0.4, -0.2) is 31.9 Å². The summed E-state index contributed by atoms with van der Waals surface area (Å²) in [6, 6.07) is 6.77. The van der Waals surface area contributed by atoms with E-state index in [0.717, 1.165) is 25.2 Å². The van der Waals surface area contributed by atoms with Gasteiger partial charge in [0.15, 0.2) is 0 Å². The van der Waals surface area contributed by atoms with Gasteiger partial charge < -0.3 is 14.8 Å². The molecule has 19 heavy (non-hydrogen) atoms. The first-order chi connectivity index (χ1) is 9.13. The van der Waals surface area contributed by atoms with Crippen LogP contribution in [0.4, 0.5) is 0 Å². The van der Waals surface area contributed by atoms with Crippen molar-refractivity contribution in [2.75, 3.05) is 13.7 Å². The van der Waals surface area contributed by atoms with E-state index in [-0.39, 0.29) is 12.2 Å². The number of benzene rings is 1. The Kier molecular flexibility index (Phi) is 4.83. The molecule has 106 valence electrons. The van der Waals surface area contributed by atoms with Gasteiger partial charge in [-0.25, -0.2) is 0 Å². The summed E-state index contributed by atoms with van der Waals surface area (Å²) < 4.78 is 12.0. The Morgan fingerprint density at radius 2 is 1.89 bits per heavy atom. The lowest BCUT2D eigenvalue weighted by atomic mass is 9.85. The summed E-state index contributed by atoms with van der Waals surface area (Å²) >= 11 is 0. The van der Waals surface area contributed by atoms with E-state index in [9.17, 15) is 0 Å². The first-order valence-electron chi connectivity index (χ1n) is 7.18. The molecule has 1 N–H and O–H groups in total. The Hall–Kier alpha value is -1.06. The third-order valence-electron chi connectivity index (χ3n) is 3.62. The first kappa shape index (κ1) is 14.4. The number of rotatable bonds is 6. The van der Waals surface area contributed by atoms with E-state index in [0.29, 0.717) is 6.04 Å². The molecular formula is C16H25NO2. The fraction of sp³-hybridized carbons (Fsp3) is 0.625. The van der Waals surface area contributed by atoms with E-state index in [2.05, 4.69) is 44.3 Å². The molecule has 0 aliphatic heterocycles. The van der Waals surface area contributed by atoms with Crippen molar-refractivity contribution < 1.29 is 9.47 Å². The van der Waals surface area contributed by atoms with Crippen LogP contribution in [0.1, 0.15) is 30.9 Å². The van der Waals surface area contributed by atoms with Gasteiger partial charge in [0, 0.05) is 19.1 Å². The SMILES string of the molecule is CCCOC1C(NC)CC1Oc1cc(C)cc(C)c1. The van der Waals surface area contributed by atoms with E-state index < -0.39 is 0 Å². The molecule has 1 fully saturated rings. The molecule has 1 aliphatic rings. The molecule has 0 bridgehead atoms. The minimum atomic E-state index is 0.171. The van der Waals surface area contributed by atoms with Crippen molar-refractivity contribution in [3.8, 4) is 5.75 Å². The zero-order chi connectivity index (χ0) is 13.8. The molecule has 1 saturated carbocycles. The lowest BCUT2D eigenvalue weighted by molar-refractivity contribution is -0.106. The Bertz CT molecular complexity index is 399. The molecule has 0 saturated heterocycles. The van der Waals surface area contributed by atoms with Gasteiger partial charge in [-0.2, -0.15) is 0 Å². The van der Waals surface area contributed by atoms with Gasteiger partial charge in [-0.3, -0.25) is 0 Å². The molecular weight excluding hydrogens is 238 g/mol. The van der Waals surface area contributed by atoms with Gasteiger partial charge in [0.05, 0.1) is 0 Å². The van der Waals surface area contributed by atoms with Crippen LogP contribution < -0.4 is 10.1 Å². The second kappa shape index (κ2) is 6.40. The highest BCUT2D eigenvalue weighted by Crippen LogP contribution is 2.30. The molecule has 0 amide bonds. The minimum absolute atomic E-state index is 0.171. The molecule has 3 atom stereocenters. The lowest BCUT2D eigenvalue weighted by Gasteiger charge is -2.43. The monoisotopic (exact) mass is 263 g/mol. The molecule has 1 aromatic rings. The van der Waals surface area contributed by atoms with Crippen LogP contribution in [0.25, 0.3) is 0 Å². The number of aryl methyl sites for hydroxylation is 2. The van der Waals surface area contributed by atoms with Gasteiger partial charge in [0.1, 0.15) is 18.0 Å². The van der Waals surface area contributed by atoms with Crippen molar-refractivity contribution in [1.29, 1.82) is 0 Å². The van der Waals surface area contributed by atoms with Gasteiger partial charge in [-0.15, -0.1) is 0 Å². The van der Waals surface area contributed by atoms with E-state index in [1.807, 2.05) is 7.05 Å². The van der Waals surface area contributed by atoms with Crippen LogP contribution in [0.15, 0.2) is 18.2 Å². The normalized spacial score (nSPS) is 26.0. The Balaban J connectivity index is 1.98. The number of nitrogens with one attached hydrogen (secondary N) is 1. The van der Waals surface area contributed by atoms with Gasteiger partial charge in [-0.1, -0.05) is 13.0 Å². The summed E-state index contributed by atoms with van der Waals surface area (Å²) in [4.78, 5) is 0. The summed E-state index contributed by atoms with van der Waals surface area (Å²) in [6.07, 6.45) is 2.40. The summed E-state index contributed by atoms with van der Waals surface area (Å²) in [5, 5.41) is 3.29. The van der Waals surface area contributed by atoms with E-state index >= 15 is 0 Å². The van der Waals surface area contributed by atoms with E-state index in [4.69, 9.17) is 9.47 Å². The molecule has 3 nitrogen and oxygen atoms in total. The highest BCUT2D eigenvalue weighted by Gasteiger charge is 2.42. The number of hydrogen-bond donors (Lipinski definition) is 1. The first-order valence-corrected chi connectivity index (χ1v) is 7.18. The summed E-state index contributed by atoms with van der Waals surface area (Å²) in [7, 11) is 1.99. The minimum Gasteiger partial charge on any atom is -0.488 e. The van der Waals surface area contributed by atoms with Crippen molar-refractivity contribution in [2.45, 2.75) is 51.9 Å². The zero-order valence-electron chi connectivity index (χ0n) is 12.4. The zero-order valence-corrected chi connectivity index (χ0v) is 12.4. The predicted octanol–water partition coefficient (Wildman–Crippen LogP) is 2.84. The third kappa shape index (κ3) is 3.48. The molecule has 0 radical (unpaired) electrons. The lowest BCUT2D eigenvalue weighted by Crippen LogP contribution is -2.60. The summed E-state index contributed by atoms with van der Waals surface area (Å²) in [6.45, 7) is 7.13. The molecule has 0 heterocycles. The Labute approximate surface area is 116 Å². The van der Waals surface area contributed by atoms with Crippen molar-refractivity contribution in [1.82, 2.24) is 5.32 Å². The van der Waals surface area contributed by atoms with Gasteiger partial charge in [0.2, 0.25) is 0 Å². The van der Waals surface area contributed by atoms with Gasteiger partial charge in [0.25, 0.3) is 0 Å². The van der Waals surface area contributed by atoms with Crippen LogP contribution in [0, 0.1) is 13.8 Å². The largest absolute Gasteiger partial charge is 0.488 e. The average Bonchev–Trinajstić information content (AvgIpc) is 2.33. The second-order valence-corrected chi connectivity index (χ2v) is 5.45. The molecule has 1 aromatic carbocycles. The highest BCUT2D eigenvalue weighted by atomic mass is 16.5. The summed E-state index contributed by atoms with van der Waals surface area (Å²) in [5.41, 5.74) is 2.48. The quantitative estimate of drug-likeness (QED) is 0.856.